The molecule has 0 fully saturated rings. The Hall–Kier alpha value is -1.66. The summed E-state index contributed by atoms with van der Waals surface area (Å²) in [5.74, 6) is -0.879. The Balaban J connectivity index is 2.84. The number of ether oxygens (including phenoxy) is 1. The molecule has 1 aromatic rings. The van der Waals surface area contributed by atoms with Crippen LogP contribution in [0.3, 0.4) is 0 Å². The van der Waals surface area contributed by atoms with E-state index in [2.05, 4.69) is 9.72 Å². The number of carbonyl (C=O) groups is 1. The van der Waals surface area contributed by atoms with Crippen LogP contribution < -0.4 is 0 Å². The molecular formula is C11H15NO5. The van der Waals surface area contributed by atoms with E-state index in [1.807, 2.05) is 0 Å². The van der Waals surface area contributed by atoms with E-state index in [9.17, 15) is 20.1 Å². The largest absolute Gasteiger partial charge is 0.506 e. The Morgan fingerprint density at radius 3 is 2.71 bits per heavy atom. The van der Waals surface area contributed by atoms with Crippen molar-refractivity contribution in [1.29, 1.82) is 0 Å². The van der Waals surface area contributed by atoms with Crippen molar-refractivity contribution in [3.63, 3.8) is 0 Å². The van der Waals surface area contributed by atoms with Gasteiger partial charge in [-0.15, -0.1) is 0 Å². The van der Waals surface area contributed by atoms with E-state index in [4.69, 9.17) is 0 Å². The predicted octanol–water partition coefficient (Wildman–Crippen LogP) is 0.0530. The third-order valence-corrected chi connectivity index (χ3v) is 2.29. The molecule has 0 saturated heterocycles. The standard InChI is InChI=1S/C11H15NO5/c1-6-3-4-7(13)10(12-6)11(16)8(14)5-9(15)17-2/h3-4,8,11,13-14,16H,5H2,1-2H3. The minimum atomic E-state index is -1.44. The van der Waals surface area contributed by atoms with Gasteiger partial charge in [0.2, 0.25) is 0 Å². The van der Waals surface area contributed by atoms with Crippen LogP contribution in [0.2, 0.25) is 0 Å². The first-order chi connectivity index (χ1) is 7.95. The number of pyridine rings is 1. The quantitative estimate of drug-likeness (QED) is 0.644. The molecule has 0 aliphatic heterocycles. The third-order valence-electron chi connectivity index (χ3n) is 2.29. The van der Waals surface area contributed by atoms with E-state index in [1.165, 1.54) is 13.2 Å². The van der Waals surface area contributed by atoms with Gasteiger partial charge in [0.05, 0.1) is 19.6 Å². The van der Waals surface area contributed by atoms with Crippen molar-refractivity contribution in [3.8, 4) is 5.75 Å². The van der Waals surface area contributed by atoms with Gasteiger partial charge in [-0.05, 0) is 19.1 Å². The number of aliphatic hydroxyl groups is 2. The van der Waals surface area contributed by atoms with Gasteiger partial charge in [-0.25, -0.2) is 0 Å². The van der Waals surface area contributed by atoms with Crippen LogP contribution in [0.25, 0.3) is 0 Å². The summed E-state index contributed by atoms with van der Waals surface area (Å²) >= 11 is 0. The van der Waals surface area contributed by atoms with E-state index < -0.39 is 18.2 Å². The lowest BCUT2D eigenvalue weighted by molar-refractivity contribution is -0.144. The summed E-state index contributed by atoms with van der Waals surface area (Å²) in [5, 5.41) is 28.8. The molecule has 0 aliphatic rings. The minimum Gasteiger partial charge on any atom is -0.506 e. The lowest BCUT2D eigenvalue weighted by Gasteiger charge is -2.17. The van der Waals surface area contributed by atoms with Crippen LogP contribution in [0.1, 0.15) is 23.9 Å². The van der Waals surface area contributed by atoms with Crippen molar-refractivity contribution in [2.24, 2.45) is 0 Å². The minimum absolute atomic E-state index is 0.0543. The second-order valence-corrected chi connectivity index (χ2v) is 3.65. The fraction of sp³-hybridized carbons (Fsp3) is 0.455. The van der Waals surface area contributed by atoms with E-state index in [-0.39, 0.29) is 17.9 Å². The molecule has 0 aliphatic carbocycles. The number of aliphatic hydroxyl groups excluding tert-OH is 2. The molecule has 0 amide bonds. The molecule has 6 nitrogen and oxygen atoms in total. The number of rotatable bonds is 4. The Morgan fingerprint density at radius 2 is 2.12 bits per heavy atom. The van der Waals surface area contributed by atoms with Crippen molar-refractivity contribution < 1.29 is 24.9 Å². The molecule has 17 heavy (non-hydrogen) atoms. The van der Waals surface area contributed by atoms with Gasteiger partial charge in [0.25, 0.3) is 0 Å². The van der Waals surface area contributed by atoms with Gasteiger partial charge < -0.3 is 20.1 Å². The first kappa shape index (κ1) is 13.4. The second-order valence-electron chi connectivity index (χ2n) is 3.65. The maximum absolute atomic E-state index is 10.9. The van der Waals surface area contributed by atoms with Crippen LogP contribution in [0.4, 0.5) is 0 Å². The molecule has 0 radical (unpaired) electrons. The van der Waals surface area contributed by atoms with Crippen molar-refractivity contribution in [1.82, 2.24) is 4.98 Å². The van der Waals surface area contributed by atoms with E-state index in [0.29, 0.717) is 5.69 Å². The number of carbonyl (C=O) groups excluding carboxylic acids is 1. The average molecular weight is 241 g/mol. The van der Waals surface area contributed by atoms with Crippen molar-refractivity contribution in [3.05, 3.63) is 23.5 Å². The van der Waals surface area contributed by atoms with Crippen molar-refractivity contribution >= 4 is 5.97 Å². The monoisotopic (exact) mass is 241 g/mol. The van der Waals surface area contributed by atoms with Crippen molar-refractivity contribution in [2.45, 2.75) is 25.6 Å². The summed E-state index contributed by atoms with van der Waals surface area (Å²) in [6, 6.07) is 2.93. The van der Waals surface area contributed by atoms with E-state index in [0.717, 1.165) is 0 Å². The van der Waals surface area contributed by atoms with Gasteiger partial charge in [0, 0.05) is 5.69 Å². The maximum atomic E-state index is 10.9. The third kappa shape index (κ3) is 3.40. The number of aromatic hydroxyl groups is 1. The number of hydrogen-bond acceptors (Lipinski definition) is 6. The highest BCUT2D eigenvalue weighted by Gasteiger charge is 2.25. The topological polar surface area (TPSA) is 99.9 Å². The molecule has 0 saturated carbocycles. The fourth-order valence-corrected chi connectivity index (χ4v) is 1.34. The molecule has 1 rings (SSSR count). The molecular weight excluding hydrogens is 226 g/mol. The van der Waals surface area contributed by atoms with Crippen LogP contribution in [-0.4, -0.2) is 39.5 Å². The summed E-state index contributed by atoms with van der Waals surface area (Å²) in [4.78, 5) is 14.8. The number of hydrogen-bond donors (Lipinski definition) is 3. The Labute approximate surface area is 98.5 Å². The van der Waals surface area contributed by atoms with Gasteiger partial charge in [-0.1, -0.05) is 0 Å². The SMILES string of the molecule is COC(=O)CC(O)C(O)c1nc(C)ccc1O. The van der Waals surface area contributed by atoms with Crippen LogP contribution >= 0.6 is 0 Å². The molecule has 2 atom stereocenters. The highest BCUT2D eigenvalue weighted by Crippen LogP contribution is 2.25. The summed E-state index contributed by atoms with van der Waals surface area (Å²) in [6.45, 7) is 1.68. The Bertz CT molecular complexity index is 407. The zero-order valence-electron chi connectivity index (χ0n) is 9.62. The first-order valence-corrected chi connectivity index (χ1v) is 5.05. The first-order valence-electron chi connectivity index (χ1n) is 5.05. The molecule has 6 heteroatoms. The second kappa shape index (κ2) is 5.60. The summed E-state index contributed by atoms with van der Waals surface area (Å²) in [7, 11) is 1.18. The molecule has 0 bridgehead atoms. The highest BCUT2D eigenvalue weighted by molar-refractivity contribution is 5.69. The summed E-state index contributed by atoms with van der Waals surface area (Å²) in [5.41, 5.74) is 0.531. The van der Waals surface area contributed by atoms with Gasteiger partial charge in [0.15, 0.2) is 0 Å². The van der Waals surface area contributed by atoms with Crippen LogP contribution in [-0.2, 0) is 9.53 Å². The number of methoxy groups -OCH3 is 1. The van der Waals surface area contributed by atoms with Crippen molar-refractivity contribution in [2.75, 3.05) is 7.11 Å². The zero-order chi connectivity index (χ0) is 13.0. The van der Waals surface area contributed by atoms with Gasteiger partial charge >= 0.3 is 5.97 Å². The van der Waals surface area contributed by atoms with E-state index in [1.54, 1.807) is 13.0 Å². The molecule has 3 N–H and O–H groups in total. The number of nitrogens with zero attached hydrogens (tertiary/aromatic N) is 1. The average Bonchev–Trinajstić information content (AvgIpc) is 2.31. The zero-order valence-corrected chi connectivity index (χ0v) is 9.62. The number of esters is 1. The molecule has 0 spiro atoms. The molecule has 94 valence electrons. The van der Waals surface area contributed by atoms with Gasteiger partial charge in [-0.3, -0.25) is 9.78 Å². The van der Waals surface area contributed by atoms with Crippen LogP contribution in [0.15, 0.2) is 12.1 Å². The molecule has 1 aromatic heterocycles. The lowest BCUT2D eigenvalue weighted by atomic mass is 10.1. The van der Waals surface area contributed by atoms with Crippen LogP contribution in [0.5, 0.6) is 5.75 Å². The smallest absolute Gasteiger partial charge is 0.308 e. The van der Waals surface area contributed by atoms with E-state index >= 15 is 0 Å². The van der Waals surface area contributed by atoms with Gasteiger partial charge in [-0.2, -0.15) is 0 Å². The van der Waals surface area contributed by atoms with Gasteiger partial charge in [0.1, 0.15) is 17.5 Å². The lowest BCUT2D eigenvalue weighted by Crippen LogP contribution is -2.23. The number of aromatic nitrogens is 1. The normalized spacial score (nSPS) is 14.1. The fourth-order valence-electron chi connectivity index (χ4n) is 1.34. The predicted molar refractivity (Wildman–Crippen MR) is 58.2 cm³/mol. The maximum Gasteiger partial charge on any atom is 0.308 e. The summed E-state index contributed by atoms with van der Waals surface area (Å²) in [6.07, 6.45) is -3.18. The highest BCUT2D eigenvalue weighted by atomic mass is 16.5. The molecule has 2 unspecified atom stereocenters. The molecule has 0 aromatic carbocycles. The Morgan fingerprint density at radius 1 is 1.47 bits per heavy atom. The number of aryl methyl sites for hydroxylation is 1. The Kier molecular flexibility index (Phi) is 4.42. The van der Waals surface area contributed by atoms with Crippen LogP contribution in [0, 0.1) is 6.92 Å². The molecule has 1 heterocycles. The summed E-state index contributed by atoms with van der Waals surface area (Å²) < 4.78 is 4.37.